The number of hydrogen-bond acceptors (Lipinski definition) is 3. The van der Waals surface area contributed by atoms with E-state index in [1.54, 1.807) is 30.5 Å². The minimum Gasteiger partial charge on any atom is -0.322 e. The lowest BCUT2D eigenvalue weighted by molar-refractivity contribution is 0.102. The molecule has 0 spiro atoms. The van der Waals surface area contributed by atoms with Gasteiger partial charge in [-0.25, -0.2) is 4.39 Å². The van der Waals surface area contributed by atoms with Crippen LogP contribution in [0.2, 0.25) is 0 Å². The molecule has 0 aliphatic carbocycles. The van der Waals surface area contributed by atoms with E-state index in [9.17, 15) is 9.18 Å². The van der Waals surface area contributed by atoms with Crippen molar-refractivity contribution in [2.24, 2.45) is 0 Å². The Morgan fingerprint density at radius 3 is 2.41 bits per heavy atom. The molecule has 0 radical (unpaired) electrons. The Morgan fingerprint density at radius 2 is 1.66 bits per heavy atom. The van der Waals surface area contributed by atoms with Gasteiger partial charge in [0.2, 0.25) is 0 Å². The number of likely N-dealkylation sites (tertiary alicyclic amines) is 1. The van der Waals surface area contributed by atoms with E-state index in [1.807, 2.05) is 18.2 Å². The van der Waals surface area contributed by atoms with Gasteiger partial charge in [-0.05, 0) is 96.9 Å². The maximum atomic E-state index is 13.1. The van der Waals surface area contributed by atoms with E-state index in [0.29, 0.717) is 11.3 Å². The minimum atomic E-state index is -0.289. The second-order valence-corrected chi connectivity index (χ2v) is 8.27. The Kier molecular flexibility index (Phi) is 5.65. The summed E-state index contributed by atoms with van der Waals surface area (Å²) in [7, 11) is 0. The van der Waals surface area contributed by atoms with Gasteiger partial charge in [-0.2, -0.15) is 0 Å². The van der Waals surface area contributed by atoms with Crippen LogP contribution >= 0.6 is 0 Å². The third-order valence-electron chi connectivity index (χ3n) is 5.93. The Labute approximate surface area is 186 Å². The van der Waals surface area contributed by atoms with E-state index in [0.717, 1.165) is 23.2 Å². The second kappa shape index (κ2) is 8.89. The number of carbonyl (C=O) groups excluding carboxylic acids is 1. The molecule has 1 fully saturated rings. The first-order valence-electron chi connectivity index (χ1n) is 10.9. The summed E-state index contributed by atoms with van der Waals surface area (Å²) < 4.78 is 13.1. The number of hydrogen-bond donors (Lipinski definition) is 1. The van der Waals surface area contributed by atoms with Gasteiger partial charge in [0.15, 0.2) is 0 Å². The van der Waals surface area contributed by atoms with Crippen LogP contribution in [-0.2, 0) is 6.54 Å². The van der Waals surface area contributed by atoms with Crippen LogP contribution in [0.5, 0.6) is 0 Å². The predicted octanol–water partition coefficient (Wildman–Crippen LogP) is 5.89. The molecule has 5 heteroatoms. The molecule has 1 amide bonds. The van der Waals surface area contributed by atoms with E-state index >= 15 is 0 Å². The maximum absolute atomic E-state index is 13.1. The molecule has 0 unspecified atom stereocenters. The highest BCUT2D eigenvalue weighted by atomic mass is 19.1. The van der Waals surface area contributed by atoms with Gasteiger partial charge >= 0.3 is 0 Å². The summed E-state index contributed by atoms with van der Waals surface area (Å²) in [5.74, 6) is -0.504. The highest BCUT2D eigenvalue weighted by Gasteiger charge is 2.12. The molecule has 0 saturated carbocycles. The first kappa shape index (κ1) is 20.3. The Hall–Kier alpha value is -3.57. The zero-order valence-electron chi connectivity index (χ0n) is 17.7. The van der Waals surface area contributed by atoms with E-state index in [2.05, 4.69) is 33.4 Å². The molecule has 160 valence electrons. The highest BCUT2D eigenvalue weighted by Crippen LogP contribution is 2.23. The summed E-state index contributed by atoms with van der Waals surface area (Å²) in [6, 6.07) is 22.1. The molecule has 3 aromatic carbocycles. The van der Waals surface area contributed by atoms with Crippen LogP contribution in [0.4, 0.5) is 10.1 Å². The van der Waals surface area contributed by atoms with Crippen molar-refractivity contribution in [2.45, 2.75) is 19.4 Å². The summed E-state index contributed by atoms with van der Waals surface area (Å²) in [5, 5.41) is 5.22. The fourth-order valence-corrected chi connectivity index (χ4v) is 4.19. The van der Waals surface area contributed by atoms with Gasteiger partial charge in [0.25, 0.3) is 5.91 Å². The average molecular weight is 426 g/mol. The van der Waals surface area contributed by atoms with Crippen LogP contribution in [0, 0.1) is 5.82 Å². The summed E-state index contributed by atoms with van der Waals surface area (Å²) in [6.07, 6.45) is 4.13. The first-order chi connectivity index (χ1) is 15.6. The van der Waals surface area contributed by atoms with Crippen molar-refractivity contribution in [1.82, 2.24) is 9.88 Å². The predicted molar refractivity (Wildman–Crippen MR) is 126 cm³/mol. The Balaban J connectivity index is 1.28. The molecule has 1 aromatic heterocycles. The number of amides is 1. The third kappa shape index (κ3) is 4.53. The van der Waals surface area contributed by atoms with Crippen LogP contribution < -0.4 is 5.32 Å². The van der Waals surface area contributed by atoms with Crippen molar-refractivity contribution in [2.75, 3.05) is 18.4 Å². The van der Waals surface area contributed by atoms with Crippen molar-refractivity contribution in [3.63, 3.8) is 0 Å². The van der Waals surface area contributed by atoms with Gasteiger partial charge in [0.1, 0.15) is 5.82 Å². The number of fused-ring (bicyclic) bond motifs is 1. The number of halogens is 1. The zero-order valence-corrected chi connectivity index (χ0v) is 17.7. The van der Waals surface area contributed by atoms with Crippen molar-refractivity contribution >= 4 is 22.4 Å². The van der Waals surface area contributed by atoms with Crippen LogP contribution in [0.15, 0.2) is 79.0 Å². The van der Waals surface area contributed by atoms with Gasteiger partial charge in [-0.15, -0.1) is 0 Å². The van der Waals surface area contributed by atoms with Crippen LogP contribution in [-0.4, -0.2) is 28.9 Å². The summed E-state index contributed by atoms with van der Waals surface area (Å²) >= 11 is 0. The molecule has 5 rings (SSSR count). The fourth-order valence-electron chi connectivity index (χ4n) is 4.19. The summed E-state index contributed by atoms with van der Waals surface area (Å²) in [4.78, 5) is 19.5. The van der Waals surface area contributed by atoms with Crippen molar-refractivity contribution in [1.29, 1.82) is 0 Å². The Bertz CT molecular complexity index is 1250. The van der Waals surface area contributed by atoms with Gasteiger partial charge in [0.05, 0.1) is 11.3 Å². The standard InChI is InChI=1S/C27H24FN3O/c28-24-9-5-20(6-10-24)26-12-8-23(17-29-26)27(32)30-25-11-7-21-15-19(3-4-22(21)16-25)18-31-13-1-2-14-31/h3-12,15-17H,1-2,13-14,18H2,(H,30,32). The number of rotatable bonds is 5. The summed E-state index contributed by atoms with van der Waals surface area (Å²) in [5.41, 5.74) is 4.03. The fraction of sp³-hybridized carbons (Fsp3) is 0.185. The second-order valence-electron chi connectivity index (χ2n) is 8.27. The van der Waals surface area contributed by atoms with Gasteiger partial charge < -0.3 is 5.32 Å². The summed E-state index contributed by atoms with van der Waals surface area (Å²) in [6.45, 7) is 3.36. The Morgan fingerprint density at radius 1 is 0.906 bits per heavy atom. The number of anilines is 1. The quantitative estimate of drug-likeness (QED) is 0.434. The lowest BCUT2D eigenvalue weighted by atomic mass is 10.1. The third-order valence-corrected chi connectivity index (χ3v) is 5.93. The average Bonchev–Trinajstić information content (AvgIpc) is 3.33. The molecule has 0 atom stereocenters. The van der Waals surface area contributed by atoms with Crippen molar-refractivity contribution < 1.29 is 9.18 Å². The van der Waals surface area contributed by atoms with Crippen molar-refractivity contribution in [3.8, 4) is 11.3 Å². The number of nitrogens with one attached hydrogen (secondary N) is 1. The molecule has 1 N–H and O–H groups in total. The number of aromatic nitrogens is 1. The van der Waals surface area contributed by atoms with Gasteiger partial charge in [0, 0.05) is 24.0 Å². The van der Waals surface area contributed by atoms with Crippen molar-refractivity contribution in [3.05, 3.63) is 95.9 Å². The molecule has 4 aromatic rings. The monoisotopic (exact) mass is 425 g/mol. The normalized spacial score (nSPS) is 14.0. The number of nitrogens with zero attached hydrogens (tertiary/aromatic N) is 2. The maximum Gasteiger partial charge on any atom is 0.257 e. The minimum absolute atomic E-state index is 0.215. The molecule has 0 bridgehead atoms. The smallest absolute Gasteiger partial charge is 0.257 e. The molecule has 1 aliphatic heterocycles. The SMILES string of the molecule is O=C(Nc1ccc2cc(CN3CCCC3)ccc2c1)c1ccc(-c2ccc(F)cc2)nc1. The zero-order chi connectivity index (χ0) is 21.9. The van der Waals surface area contributed by atoms with Gasteiger partial charge in [-0.1, -0.05) is 18.2 Å². The van der Waals surface area contributed by atoms with Crippen LogP contribution in [0.3, 0.4) is 0 Å². The topological polar surface area (TPSA) is 45.2 Å². The molecule has 2 heterocycles. The van der Waals surface area contributed by atoms with Crippen LogP contribution in [0.25, 0.3) is 22.0 Å². The molecular weight excluding hydrogens is 401 g/mol. The molecule has 1 saturated heterocycles. The number of pyridine rings is 1. The highest BCUT2D eigenvalue weighted by molar-refractivity contribution is 6.05. The van der Waals surface area contributed by atoms with E-state index in [-0.39, 0.29) is 11.7 Å². The van der Waals surface area contributed by atoms with E-state index in [1.165, 1.54) is 49.0 Å². The molecule has 32 heavy (non-hydrogen) atoms. The van der Waals surface area contributed by atoms with E-state index in [4.69, 9.17) is 0 Å². The lowest BCUT2D eigenvalue weighted by Crippen LogP contribution is -2.18. The number of carbonyl (C=O) groups is 1. The number of benzene rings is 3. The van der Waals surface area contributed by atoms with Gasteiger partial charge in [-0.3, -0.25) is 14.7 Å². The first-order valence-corrected chi connectivity index (χ1v) is 10.9. The largest absolute Gasteiger partial charge is 0.322 e. The molecule has 1 aliphatic rings. The molecule has 4 nitrogen and oxygen atoms in total. The molecular formula is C27H24FN3O. The van der Waals surface area contributed by atoms with Crippen LogP contribution in [0.1, 0.15) is 28.8 Å². The lowest BCUT2D eigenvalue weighted by Gasteiger charge is -2.15. The van der Waals surface area contributed by atoms with E-state index < -0.39 is 0 Å².